The zero-order valence-corrected chi connectivity index (χ0v) is 15.5. The highest BCUT2D eigenvalue weighted by molar-refractivity contribution is 5.74. The summed E-state index contributed by atoms with van der Waals surface area (Å²) in [6, 6.07) is 0. The van der Waals surface area contributed by atoms with Gasteiger partial charge in [-0.15, -0.1) is 0 Å². The van der Waals surface area contributed by atoms with Gasteiger partial charge in [0.05, 0.1) is 6.61 Å². The predicted molar refractivity (Wildman–Crippen MR) is 86.1 cm³/mol. The first-order valence-electron chi connectivity index (χ1n) is 8.04. The Kier molecular flexibility index (Phi) is 8.03. The molecule has 0 heterocycles. The van der Waals surface area contributed by atoms with Crippen LogP contribution < -0.4 is 0 Å². The maximum atomic E-state index is 11.8. The lowest BCUT2D eigenvalue weighted by Gasteiger charge is -2.52. The van der Waals surface area contributed by atoms with Crippen molar-refractivity contribution in [1.29, 1.82) is 0 Å². The Hall–Kier alpha value is -0.650. The summed E-state index contributed by atoms with van der Waals surface area (Å²) in [6.07, 6.45) is 1.26. The van der Waals surface area contributed by atoms with E-state index < -0.39 is 12.1 Å². The van der Waals surface area contributed by atoms with Gasteiger partial charge in [-0.2, -0.15) is 5.26 Å². The van der Waals surface area contributed by atoms with E-state index in [2.05, 4.69) is 53.4 Å². The van der Waals surface area contributed by atoms with Gasteiger partial charge in [-0.1, -0.05) is 61.8 Å². The number of carbonyl (C=O) groups excluding carboxylic acids is 1. The van der Waals surface area contributed by atoms with Crippen LogP contribution in [0.3, 0.4) is 0 Å². The summed E-state index contributed by atoms with van der Waals surface area (Å²) >= 11 is 0. The van der Waals surface area contributed by atoms with Crippen molar-refractivity contribution < 1.29 is 24.7 Å². The van der Waals surface area contributed by atoms with Crippen molar-refractivity contribution in [3.8, 4) is 0 Å². The van der Waals surface area contributed by atoms with E-state index in [-0.39, 0.29) is 16.2 Å². The first-order valence-corrected chi connectivity index (χ1v) is 8.04. The second-order valence-electron chi connectivity index (χ2n) is 8.21. The molecule has 0 fully saturated rings. The molecular formula is C17H34O5. The van der Waals surface area contributed by atoms with Crippen molar-refractivity contribution in [3.63, 3.8) is 0 Å². The van der Waals surface area contributed by atoms with E-state index in [0.29, 0.717) is 13.0 Å². The normalized spacial score (nSPS) is 14.8. The van der Waals surface area contributed by atoms with Crippen molar-refractivity contribution in [1.82, 2.24) is 0 Å². The van der Waals surface area contributed by atoms with Crippen LogP contribution in [0.2, 0.25) is 0 Å². The number of unbranched alkanes of at least 4 members (excludes halogenated alkanes) is 1. The highest BCUT2D eigenvalue weighted by Gasteiger charge is 2.49. The van der Waals surface area contributed by atoms with Gasteiger partial charge in [-0.05, 0) is 29.1 Å². The van der Waals surface area contributed by atoms with E-state index in [1.807, 2.05) is 6.92 Å². The molecule has 0 saturated heterocycles. The molecule has 5 nitrogen and oxygen atoms in total. The molecule has 1 N–H and O–H groups in total. The fourth-order valence-corrected chi connectivity index (χ4v) is 2.66. The van der Waals surface area contributed by atoms with Crippen LogP contribution in [-0.2, 0) is 19.5 Å². The summed E-state index contributed by atoms with van der Waals surface area (Å²) in [5.41, 5.74) is -0.398. The van der Waals surface area contributed by atoms with Gasteiger partial charge in [0.1, 0.15) is 0 Å². The number of hydrogen-bond acceptors (Lipinski definition) is 5. The van der Waals surface area contributed by atoms with Gasteiger partial charge in [0, 0.05) is 0 Å². The van der Waals surface area contributed by atoms with Crippen LogP contribution >= 0.6 is 0 Å². The fraction of sp³-hybridized carbons (Fsp3) is 0.941. The fourth-order valence-electron chi connectivity index (χ4n) is 2.66. The lowest BCUT2D eigenvalue weighted by Crippen LogP contribution is -2.48. The molecule has 0 rings (SSSR count). The molecular weight excluding hydrogens is 284 g/mol. The van der Waals surface area contributed by atoms with Crippen LogP contribution in [0.15, 0.2) is 0 Å². The SMILES string of the molecule is CCCCOOC(CC(C)(C(C)(C)C)C(C)(C)C)C(=O)OO. The Bertz CT molecular complexity index is 324. The zero-order chi connectivity index (χ0) is 17.6. The average molecular weight is 318 g/mol. The molecule has 0 aromatic carbocycles. The molecule has 0 aromatic rings. The summed E-state index contributed by atoms with van der Waals surface area (Å²) < 4.78 is 0. The van der Waals surface area contributed by atoms with E-state index in [9.17, 15) is 4.79 Å². The Morgan fingerprint density at radius 1 is 1.05 bits per heavy atom. The summed E-state index contributed by atoms with van der Waals surface area (Å²) in [5.74, 6) is -0.823. The Morgan fingerprint density at radius 3 is 1.91 bits per heavy atom. The summed E-state index contributed by atoms with van der Waals surface area (Å²) in [5, 5.41) is 8.73. The maximum Gasteiger partial charge on any atom is 0.373 e. The molecule has 0 saturated carbocycles. The summed E-state index contributed by atoms with van der Waals surface area (Å²) in [6.45, 7) is 17.4. The highest BCUT2D eigenvalue weighted by atomic mass is 17.2. The smallest absolute Gasteiger partial charge is 0.298 e. The van der Waals surface area contributed by atoms with Crippen molar-refractivity contribution in [2.75, 3.05) is 6.61 Å². The van der Waals surface area contributed by atoms with Gasteiger partial charge in [0.25, 0.3) is 0 Å². The molecule has 22 heavy (non-hydrogen) atoms. The molecule has 0 bridgehead atoms. The molecule has 0 spiro atoms. The van der Waals surface area contributed by atoms with E-state index in [0.717, 1.165) is 12.8 Å². The van der Waals surface area contributed by atoms with Crippen LogP contribution in [-0.4, -0.2) is 23.9 Å². The molecule has 0 aliphatic carbocycles. The first-order chi connectivity index (χ1) is 9.90. The Labute approximate surface area is 135 Å². The minimum Gasteiger partial charge on any atom is -0.298 e. The minimum atomic E-state index is -0.953. The molecule has 1 unspecified atom stereocenters. The van der Waals surface area contributed by atoms with Crippen molar-refractivity contribution >= 4 is 5.97 Å². The number of rotatable bonds is 8. The van der Waals surface area contributed by atoms with Gasteiger partial charge in [-0.25, -0.2) is 14.6 Å². The summed E-state index contributed by atoms with van der Waals surface area (Å²) in [4.78, 5) is 26.1. The topological polar surface area (TPSA) is 65.0 Å². The minimum absolute atomic E-state index is 0.0774. The monoisotopic (exact) mass is 318 g/mol. The van der Waals surface area contributed by atoms with Crippen LogP contribution in [0, 0.1) is 16.2 Å². The van der Waals surface area contributed by atoms with Crippen molar-refractivity contribution in [2.24, 2.45) is 16.2 Å². The summed E-state index contributed by atoms with van der Waals surface area (Å²) in [7, 11) is 0. The molecule has 132 valence electrons. The zero-order valence-electron chi connectivity index (χ0n) is 15.5. The molecule has 0 aromatic heterocycles. The predicted octanol–water partition coefficient (Wildman–Crippen LogP) is 4.61. The second-order valence-corrected chi connectivity index (χ2v) is 8.21. The first kappa shape index (κ1) is 21.4. The van der Waals surface area contributed by atoms with Gasteiger partial charge in [-0.3, -0.25) is 4.89 Å². The quantitative estimate of drug-likeness (QED) is 0.402. The van der Waals surface area contributed by atoms with E-state index in [4.69, 9.17) is 15.0 Å². The maximum absolute atomic E-state index is 11.8. The van der Waals surface area contributed by atoms with Gasteiger partial charge < -0.3 is 0 Å². The second kappa shape index (κ2) is 8.27. The van der Waals surface area contributed by atoms with Gasteiger partial charge in [0.15, 0.2) is 6.10 Å². The highest BCUT2D eigenvalue weighted by Crippen LogP contribution is 2.54. The van der Waals surface area contributed by atoms with Crippen LogP contribution in [0.5, 0.6) is 0 Å². The number of hydrogen-bond donors (Lipinski definition) is 1. The molecule has 0 aliphatic heterocycles. The average Bonchev–Trinajstić information content (AvgIpc) is 2.38. The lowest BCUT2D eigenvalue weighted by atomic mass is 9.53. The van der Waals surface area contributed by atoms with E-state index >= 15 is 0 Å². The third kappa shape index (κ3) is 5.52. The third-order valence-electron chi connectivity index (χ3n) is 5.02. The van der Waals surface area contributed by atoms with Crippen LogP contribution in [0.4, 0.5) is 0 Å². The van der Waals surface area contributed by atoms with Crippen LogP contribution in [0.1, 0.15) is 74.7 Å². The Balaban J connectivity index is 5.18. The molecule has 0 aliphatic rings. The standard InChI is InChI=1S/C17H34O5/c1-9-10-11-20-22-13(14(18)21-19)12-17(8,15(2,3)4)16(5,6)7/h13,19H,9-12H2,1-8H3. The van der Waals surface area contributed by atoms with Crippen molar-refractivity contribution in [3.05, 3.63) is 0 Å². The third-order valence-corrected chi connectivity index (χ3v) is 5.02. The molecule has 1 atom stereocenters. The molecule has 5 heteroatoms. The van der Waals surface area contributed by atoms with Crippen molar-refractivity contribution in [2.45, 2.75) is 80.8 Å². The van der Waals surface area contributed by atoms with E-state index in [1.165, 1.54) is 0 Å². The van der Waals surface area contributed by atoms with Crippen LogP contribution in [0.25, 0.3) is 0 Å². The molecule has 0 amide bonds. The van der Waals surface area contributed by atoms with Gasteiger partial charge >= 0.3 is 5.97 Å². The molecule has 0 radical (unpaired) electrons. The van der Waals surface area contributed by atoms with E-state index in [1.54, 1.807) is 0 Å². The number of carbonyl (C=O) groups is 1. The largest absolute Gasteiger partial charge is 0.373 e. The Morgan fingerprint density at radius 2 is 1.55 bits per heavy atom. The lowest BCUT2D eigenvalue weighted by molar-refractivity contribution is -0.339. The van der Waals surface area contributed by atoms with Gasteiger partial charge in [0.2, 0.25) is 0 Å².